The van der Waals surface area contributed by atoms with Crippen molar-refractivity contribution in [1.82, 2.24) is 4.57 Å². The summed E-state index contributed by atoms with van der Waals surface area (Å²) >= 11 is 1.20. The zero-order valence-electron chi connectivity index (χ0n) is 17.6. The zero-order valence-corrected chi connectivity index (χ0v) is 18.4. The lowest BCUT2D eigenvalue weighted by Crippen LogP contribution is -2.39. The second-order valence-electron chi connectivity index (χ2n) is 7.34. The van der Waals surface area contributed by atoms with Gasteiger partial charge < -0.3 is 4.74 Å². The molecule has 32 heavy (non-hydrogen) atoms. The number of fused-ring (bicyclic) bond motifs is 1. The van der Waals surface area contributed by atoms with Crippen LogP contribution in [0.15, 0.2) is 69.6 Å². The number of nitro groups is 1. The predicted molar refractivity (Wildman–Crippen MR) is 120 cm³/mol. The van der Waals surface area contributed by atoms with Crippen molar-refractivity contribution in [2.75, 3.05) is 7.11 Å². The highest BCUT2D eigenvalue weighted by molar-refractivity contribution is 7.07. The van der Waals surface area contributed by atoms with Gasteiger partial charge in [-0.25, -0.2) is 9.79 Å². The summed E-state index contributed by atoms with van der Waals surface area (Å²) in [6.45, 7) is 3.64. The van der Waals surface area contributed by atoms with Gasteiger partial charge in [-0.05, 0) is 31.1 Å². The van der Waals surface area contributed by atoms with Crippen LogP contribution in [0.3, 0.4) is 0 Å². The first-order valence-corrected chi connectivity index (χ1v) is 10.5. The van der Waals surface area contributed by atoms with Gasteiger partial charge in [0.25, 0.3) is 11.2 Å². The van der Waals surface area contributed by atoms with Crippen molar-refractivity contribution in [2.45, 2.75) is 19.9 Å². The minimum atomic E-state index is -0.890. The van der Waals surface area contributed by atoms with E-state index in [1.165, 1.54) is 41.2 Å². The van der Waals surface area contributed by atoms with Crippen LogP contribution in [0, 0.1) is 17.0 Å². The maximum atomic E-state index is 13.4. The first-order valence-electron chi connectivity index (χ1n) is 9.72. The number of ether oxygens (including phenoxy) is 1. The maximum absolute atomic E-state index is 13.4. The average Bonchev–Trinajstić information content (AvgIpc) is 3.08. The minimum Gasteiger partial charge on any atom is -0.466 e. The predicted octanol–water partition coefficient (Wildman–Crippen LogP) is 2.62. The summed E-state index contributed by atoms with van der Waals surface area (Å²) in [6, 6.07) is 12.7. The van der Waals surface area contributed by atoms with Crippen molar-refractivity contribution in [2.24, 2.45) is 4.99 Å². The second kappa shape index (κ2) is 8.35. The van der Waals surface area contributed by atoms with Gasteiger partial charge in [0.15, 0.2) is 4.80 Å². The Morgan fingerprint density at radius 3 is 2.59 bits per heavy atom. The van der Waals surface area contributed by atoms with Gasteiger partial charge in [-0.2, -0.15) is 0 Å². The normalized spacial score (nSPS) is 15.8. The van der Waals surface area contributed by atoms with Crippen LogP contribution in [0.4, 0.5) is 5.69 Å². The van der Waals surface area contributed by atoms with E-state index >= 15 is 0 Å². The van der Waals surface area contributed by atoms with Crippen molar-refractivity contribution in [3.05, 3.63) is 106 Å². The van der Waals surface area contributed by atoms with Crippen LogP contribution >= 0.6 is 11.3 Å². The van der Waals surface area contributed by atoms with Gasteiger partial charge in [0.2, 0.25) is 0 Å². The number of thiazole rings is 1. The topological polar surface area (TPSA) is 104 Å². The highest BCUT2D eigenvalue weighted by Gasteiger charge is 2.33. The molecule has 2 heterocycles. The number of esters is 1. The van der Waals surface area contributed by atoms with Gasteiger partial charge in [0.05, 0.1) is 33.9 Å². The summed E-state index contributed by atoms with van der Waals surface area (Å²) in [4.78, 5) is 41.8. The molecule has 162 valence electrons. The zero-order chi connectivity index (χ0) is 23.0. The molecule has 0 bridgehead atoms. The molecule has 1 aliphatic heterocycles. The fraction of sp³-hybridized carbons (Fsp3) is 0.174. The molecule has 0 saturated heterocycles. The number of methoxy groups -OCH3 is 1. The van der Waals surface area contributed by atoms with Gasteiger partial charge in [0, 0.05) is 12.1 Å². The van der Waals surface area contributed by atoms with E-state index in [0.29, 0.717) is 20.6 Å². The van der Waals surface area contributed by atoms with Gasteiger partial charge in [0.1, 0.15) is 0 Å². The molecule has 1 unspecified atom stereocenters. The van der Waals surface area contributed by atoms with Crippen LogP contribution in [-0.4, -0.2) is 22.6 Å². The lowest BCUT2D eigenvalue weighted by atomic mass is 9.95. The fourth-order valence-electron chi connectivity index (χ4n) is 3.63. The van der Waals surface area contributed by atoms with Crippen LogP contribution < -0.4 is 14.9 Å². The molecule has 0 fully saturated rings. The molecule has 9 heteroatoms. The third-order valence-electron chi connectivity index (χ3n) is 5.20. The van der Waals surface area contributed by atoms with Crippen LogP contribution in [0.25, 0.3) is 6.08 Å². The molecule has 0 spiro atoms. The van der Waals surface area contributed by atoms with Crippen LogP contribution in [0.1, 0.15) is 29.7 Å². The molecule has 1 atom stereocenters. The highest BCUT2D eigenvalue weighted by Crippen LogP contribution is 2.32. The number of non-ortho nitro benzene ring substituents is 1. The summed E-state index contributed by atoms with van der Waals surface area (Å²) in [5, 5.41) is 11.3. The monoisotopic (exact) mass is 449 g/mol. The van der Waals surface area contributed by atoms with E-state index in [0.717, 1.165) is 11.1 Å². The smallest absolute Gasteiger partial charge is 0.338 e. The fourth-order valence-corrected chi connectivity index (χ4v) is 4.68. The Bertz CT molecular complexity index is 1450. The minimum absolute atomic E-state index is 0.136. The largest absolute Gasteiger partial charge is 0.466 e. The van der Waals surface area contributed by atoms with Gasteiger partial charge in [-0.15, -0.1) is 0 Å². The Morgan fingerprint density at radius 1 is 1.22 bits per heavy atom. The molecular formula is C23H19N3O5S. The van der Waals surface area contributed by atoms with Crippen molar-refractivity contribution in [3.8, 4) is 0 Å². The molecule has 8 nitrogen and oxygen atoms in total. The SMILES string of the molecule is COC(=O)C1=C(C)N=c2s/c(=C/c3ccc(C)cc3)c(=O)n2C1c1cccc([N+](=O)[O-])c1. The number of hydrogen-bond donors (Lipinski definition) is 0. The van der Waals surface area contributed by atoms with E-state index in [9.17, 15) is 19.7 Å². The molecule has 1 aliphatic rings. The number of carbonyl (C=O) groups excluding carboxylic acids is 1. The molecule has 0 saturated carbocycles. The third-order valence-corrected chi connectivity index (χ3v) is 6.18. The van der Waals surface area contributed by atoms with Crippen molar-refractivity contribution >= 4 is 29.1 Å². The molecule has 0 amide bonds. The molecule has 0 aliphatic carbocycles. The summed E-state index contributed by atoms with van der Waals surface area (Å²) in [7, 11) is 1.25. The number of nitrogens with zero attached hydrogens (tertiary/aromatic N) is 3. The number of nitro benzene ring substituents is 1. The standard InChI is InChI=1S/C23H19N3O5S/c1-13-7-9-15(10-8-13)11-18-21(27)25-20(16-5-4-6-17(12-16)26(29)30)19(22(28)31-3)14(2)24-23(25)32-18/h4-12,20H,1-3H3/b18-11+. The molecule has 3 aromatic rings. The van der Waals surface area contributed by atoms with E-state index in [1.54, 1.807) is 19.1 Å². The first-order chi connectivity index (χ1) is 15.3. The Hall–Kier alpha value is -3.85. The quantitative estimate of drug-likeness (QED) is 0.346. The number of carbonyl (C=O) groups is 1. The van der Waals surface area contributed by atoms with E-state index in [-0.39, 0.29) is 16.8 Å². The van der Waals surface area contributed by atoms with E-state index in [1.807, 2.05) is 31.2 Å². The number of hydrogen-bond acceptors (Lipinski definition) is 7. The lowest BCUT2D eigenvalue weighted by molar-refractivity contribution is -0.384. The number of aryl methyl sites for hydroxylation is 1. The number of aromatic nitrogens is 1. The van der Waals surface area contributed by atoms with E-state index < -0.39 is 16.9 Å². The highest BCUT2D eigenvalue weighted by atomic mass is 32.1. The summed E-state index contributed by atoms with van der Waals surface area (Å²) in [5.41, 5.74) is 2.49. The maximum Gasteiger partial charge on any atom is 0.338 e. The molecule has 0 N–H and O–H groups in total. The van der Waals surface area contributed by atoms with Gasteiger partial charge in [-0.3, -0.25) is 19.5 Å². The Morgan fingerprint density at radius 2 is 1.94 bits per heavy atom. The Kier molecular flexibility index (Phi) is 5.58. The Balaban J connectivity index is 1.98. The molecule has 1 aromatic heterocycles. The molecule has 4 rings (SSSR count). The number of allylic oxidation sites excluding steroid dienone is 1. The van der Waals surface area contributed by atoms with Crippen molar-refractivity contribution < 1.29 is 14.5 Å². The molecular weight excluding hydrogens is 430 g/mol. The van der Waals surface area contributed by atoms with E-state index in [2.05, 4.69) is 4.99 Å². The summed E-state index contributed by atoms with van der Waals surface area (Å²) in [5.74, 6) is -0.643. The van der Waals surface area contributed by atoms with Crippen molar-refractivity contribution in [3.63, 3.8) is 0 Å². The average molecular weight is 449 g/mol. The molecule has 2 aromatic carbocycles. The Labute approximate surface area is 186 Å². The van der Waals surface area contributed by atoms with E-state index in [4.69, 9.17) is 4.74 Å². The number of rotatable bonds is 4. The molecule has 0 radical (unpaired) electrons. The van der Waals surface area contributed by atoms with Crippen molar-refractivity contribution in [1.29, 1.82) is 0 Å². The first kappa shape index (κ1) is 21.4. The number of benzene rings is 2. The van der Waals surface area contributed by atoms with Gasteiger partial charge >= 0.3 is 5.97 Å². The van der Waals surface area contributed by atoms with Crippen LogP contribution in [-0.2, 0) is 9.53 Å². The summed E-state index contributed by atoms with van der Waals surface area (Å²) < 4.78 is 6.80. The van der Waals surface area contributed by atoms with Gasteiger partial charge in [-0.1, -0.05) is 53.3 Å². The van der Waals surface area contributed by atoms with Crippen LogP contribution in [0.5, 0.6) is 0 Å². The second-order valence-corrected chi connectivity index (χ2v) is 8.35. The van der Waals surface area contributed by atoms with Crippen LogP contribution in [0.2, 0.25) is 0 Å². The summed E-state index contributed by atoms with van der Waals surface area (Å²) in [6.07, 6.45) is 1.77. The lowest BCUT2D eigenvalue weighted by Gasteiger charge is -2.24. The third kappa shape index (κ3) is 3.78.